The zero-order chi connectivity index (χ0) is 13.8. The molecule has 0 bridgehead atoms. The number of halogens is 2. The van der Waals surface area contributed by atoms with Gasteiger partial charge in [-0.2, -0.15) is 0 Å². The van der Waals surface area contributed by atoms with Gasteiger partial charge in [0, 0.05) is 42.2 Å². The molecule has 5 heteroatoms. The Balaban J connectivity index is 2.17. The van der Waals surface area contributed by atoms with Crippen molar-refractivity contribution < 1.29 is 8.78 Å². The van der Waals surface area contributed by atoms with E-state index in [2.05, 4.69) is 15.3 Å². The first-order chi connectivity index (χ1) is 9.04. The van der Waals surface area contributed by atoms with Crippen LogP contribution in [0.4, 0.5) is 8.78 Å². The average Bonchev–Trinajstić information content (AvgIpc) is 2.36. The maximum atomic E-state index is 13.1. The summed E-state index contributed by atoms with van der Waals surface area (Å²) in [5.41, 5.74) is 1.26. The lowest BCUT2D eigenvalue weighted by molar-refractivity contribution is 0.583. The van der Waals surface area contributed by atoms with Gasteiger partial charge in [-0.05, 0) is 12.1 Å². The molecule has 1 aromatic carbocycles. The molecule has 2 rings (SSSR count). The Morgan fingerprint density at radius 2 is 1.63 bits per heavy atom. The largest absolute Gasteiger partial charge is 0.310 e. The van der Waals surface area contributed by atoms with Crippen molar-refractivity contribution in [3.05, 3.63) is 47.8 Å². The standard InChI is InChI=1S/C14H15F2N3/c1-9(2)17-6-10-7-18-14(19-8-10)11-3-12(15)5-13(16)4-11/h3-5,7-9,17H,6H2,1-2H3. The van der Waals surface area contributed by atoms with Crippen LogP contribution in [-0.4, -0.2) is 16.0 Å². The van der Waals surface area contributed by atoms with Gasteiger partial charge in [0.2, 0.25) is 0 Å². The predicted molar refractivity (Wildman–Crippen MR) is 69.4 cm³/mol. The Hall–Kier alpha value is -1.88. The molecule has 1 N–H and O–H groups in total. The van der Waals surface area contributed by atoms with Crippen molar-refractivity contribution in [1.82, 2.24) is 15.3 Å². The van der Waals surface area contributed by atoms with E-state index in [4.69, 9.17) is 0 Å². The van der Waals surface area contributed by atoms with Crippen molar-refractivity contribution >= 4 is 0 Å². The number of nitrogens with zero attached hydrogens (tertiary/aromatic N) is 2. The van der Waals surface area contributed by atoms with Gasteiger partial charge >= 0.3 is 0 Å². The summed E-state index contributed by atoms with van der Waals surface area (Å²) in [6, 6.07) is 3.62. The Morgan fingerprint density at radius 3 is 2.16 bits per heavy atom. The van der Waals surface area contributed by atoms with Gasteiger partial charge in [-0.1, -0.05) is 13.8 Å². The van der Waals surface area contributed by atoms with Crippen LogP contribution in [0.25, 0.3) is 11.4 Å². The zero-order valence-electron chi connectivity index (χ0n) is 10.8. The van der Waals surface area contributed by atoms with E-state index in [1.54, 1.807) is 12.4 Å². The third-order valence-electron chi connectivity index (χ3n) is 2.54. The summed E-state index contributed by atoms with van der Waals surface area (Å²) in [6.07, 6.45) is 3.31. The minimum atomic E-state index is -0.635. The van der Waals surface area contributed by atoms with Crippen molar-refractivity contribution in [2.45, 2.75) is 26.4 Å². The van der Waals surface area contributed by atoms with Gasteiger partial charge in [-0.15, -0.1) is 0 Å². The van der Waals surface area contributed by atoms with E-state index in [0.717, 1.165) is 11.6 Å². The van der Waals surface area contributed by atoms with E-state index in [0.29, 0.717) is 24.0 Å². The quantitative estimate of drug-likeness (QED) is 0.921. The zero-order valence-corrected chi connectivity index (χ0v) is 10.8. The molecule has 0 radical (unpaired) electrons. The van der Waals surface area contributed by atoms with Crippen molar-refractivity contribution in [3.63, 3.8) is 0 Å². The fourth-order valence-corrected chi connectivity index (χ4v) is 1.60. The number of benzene rings is 1. The summed E-state index contributed by atoms with van der Waals surface area (Å²) >= 11 is 0. The molecule has 0 fully saturated rings. The topological polar surface area (TPSA) is 37.8 Å². The van der Waals surface area contributed by atoms with Gasteiger partial charge in [-0.3, -0.25) is 0 Å². The molecule has 1 aromatic heterocycles. The number of aromatic nitrogens is 2. The van der Waals surface area contributed by atoms with Gasteiger partial charge in [-0.25, -0.2) is 18.7 Å². The number of rotatable bonds is 4. The third-order valence-corrected chi connectivity index (χ3v) is 2.54. The maximum absolute atomic E-state index is 13.1. The van der Waals surface area contributed by atoms with Crippen molar-refractivity contribution in [3.8, 4) is 11.4 Å². The highest BCUT2D eigenvalue weighted by Gasteiger charge is 2.06. The molecule has 0 aliphatic carbocycles. The molecule has 0 aliphatic heterocycles. The molecule has 0 aliphatic rings. The van der Waals surface area contributed by atoms with Crippen molar-refractivity contribution in [1.29, 1.82) is 0 Å². The number of hydrogen-bond donors (Lipinski definition) is 1. The summed E-state index contributed by atoms with van der Waals surface area (Å²) in [5, 5.41) is 3.24. The Labute approximate surface area is 110 Å². The molecule has 0 saturated heterocycles. The summed E-state index contributed by atoms with van der Waals surface area (Å²) in [4.78, 5) is 8.25. The molecule has 3 nitrogen and oxygen atoms in total. The Kier molecular flexibility index (Phi) is 4.16. The second-order valence-electron chi connectivity index (χ2n) is 4.61. The van der Waals surface area contributed by atoms with Gasteiger partial charge in [0.15, 0.2) is 5.82 Å². The molecule has 0 atom stereocenters. The minimum Gasteiger partial charge on any atom is -0.310 e. The van der Waals surface area contributed by atoms with Gasteiger partial charge < -0.3 is 5.32 Å². The van der Waals surface area contributed by atoms with E-state index in [1.165, 1.54) is 12.1 Å². The number of nitrogens with one attached hydrogen (secondary N) is 1. The molecule has 0 spiro atoms. The third kappa shape index (κ3) is 3.79. The van der Waals surface area contributed by atoms with Crippen LogP contribution in [0, 0.1) is 11.6 Å². The first kappa shape index (κ1) is 13.5. The van der Waals surface area contributed by atoms with Gasteiger partial charge in [0.25, 0.3) is 0 Å². The van der Waals surface area contributed by atoms with Crippen LogP contribution in [0.15, 0.2) is 30.6 Å². The monoisotopic (exact) mass is 263 g/mol. The summed E-state index contributed by atoms with van der Waals surface area (Å²) < 4.78 is 26.2. The maximum Gasteiger partial charge on any atom is 0.159 e. The fraction of sp³-hybridized carbons (Fsp3) is 0.286. The molecular formula is C14H15F2N3. The SMILES string of the molecule is CC(C)NCc1cnc(-c2cc(F)cc(F)c2)nc1. The molecule has 0 saturated carbocycles. The van der Waals surface area contributed by atoms with E-state index >= 15 is 0 Å². The molecule has 19 heavy (non-hydrogen) atoms. The fourth-order valence-electron chi connectivity index (χ4n) is 1.60. The smallest absolute Gasteiger partial charge is 0.159 e. The highest BCUT2D eigenvalue weighted by molar-refractivity contribution is 5.54. The minimum absolute atomic E-state index is 0.312. The summed E-state index contributed by atoms with van der Waals surface area (Å²) in [6.45, 7) is 4.75. The van der Waals surface area contributed by atoms with Crippen LogP contribution in [-0.2, 0) is 6.54 Å². The van der Waals surface area contributed by atoms with Crippen molar-refractivity contribution in [2.75, 3.05) is 0 Å². The molecule has 100 valence electrons. The van der Waals surface area contributed by atoms with Crippen LogP contribution >= 0.6 is 0 Å². The molecule has 2 aromatic rings. The Morgan fingerprint density at radius 1 is 1.05 bits per heavy atom. The van der Waals surface area contributed by atoms with Gasteiger partial charge in [0.1, 0.15) is 11.6 Å². The van der Waals surface area contributed by atoms with Crippen LogP contribution < -0.4 is 5.32 Å². The van der Waals surface area contributed by atoms with Gasteiger partial charge in [0.05, 0.1) is 0 Å². The average molecular weight is 263 g/mol. The Bertz CT molecular complexity index is 533. The van der Waals surface area contributed by atoms with E-state index < -0.39 is 11.6 Å². The lowest BCUT2D eigenvalue weighted by atomic mass is 10.2. The molecule has 0 amide bonds. The van der Waals surface area contributed by atoms with Crippen LogP contribution in [0.5, 0.6) is 0 Å². The first-order valence-electron chi connectivity index (χ1n) is 6.05. The second-order valence-corrected chi connectivity index (χ2v) is 4.61. The van der Waals surface area contributed by atoms with Crippen LogP contribution in [0.1, 0.15) is 19.4 Å². The van der Waals surface area contributed by atoms with E-state index in [-0.39, 0.29) is 0 Å². The molecule has 1 heterocycles. The number of hydrogen-bond acceptors (Lipinski definition) is 3. The first-order valence-corrected chi connectivity index (χ1v) is 6.05. The summed E-state index contributed by atoms with van der Waals surface area (Å²) in [5.74, 6) is -0.958. The lowest BCUT2D eigenvalue weighted by Crippen LogP contribution is -2.21. The van der Waals surface area contributed by atoms with Crippen LogP contribution in [0.3, 0.4) is 0 Å². The van der Waals surface area contributed by atoms with Crippen LogP contribution in [0.2, 0.25) is 0 Å². The predicted octanol–water partition coefficient (Wildman–Crippen LogP) is 2.92. The highest BCUT2D eigenvalue weighted by atomic mass is 19.1. The highest BCUT2D eigenvalue weighted by Crippen LogP contribution is 2.17. The normalized spacial score (nSPS) is 11.0. The van der Waals surface area contributed by atoms with E-state index in [1.807, 2.05) is 13.8 Å². The lowest BCUT2D eigenvalue weighted by Gasteiger charge is -2.07. The molecular weight excluding hydrogens is 248 g/mol. The van der Waals surface area contributed by atoms with E-state index in [9.17, 15) is 8.78 Å². The molecule has 0 unspecified atom stereocenters. The summed E-state index contributed by atoms with van der Waals surface area (Å²) in [7, 11) is 0. The van der Waals surface area contributed by atoms with Crippen molar-refractivity contribution in [2.24, 2.45) is 0 Å². The second kappa shape index (κ2) is 5.84.